The molecule has 9 heteroatoms. The van der Waals surface area contributed by atoms with E-state index in [0.29, 0.717) is 28.7 Å². The van der Waals surface area contributed by atoms with Gasteiger partial charge in [0.25, 0.3) is 5.69 Å². The summed E-state index contributed by atoms with van der Waals surface area (Å²) in [6, 6.07) is 7.67. The van der Waals surface area contributed by atoms with Crippen LogP contribution in [0.25, 0.3) is 11.0 Å². The van der Waals surface area contributed by atoms with Crippen molar-refractivity contribution in [2.45, 2.75) is 19.3 Å². The average Bonchev–Trinajstić information content (AvgIpc) is 3.11. The monoisotopic (exact) mass is 368 g/mol. The van der Waals surface area contributed by atoms with Gasteiger partial charge < -0.3 is 9.15 Å². The molecule has 4 rings (SSSR count). The molecular weight excluding hydrogens is 356 g/mol. The molecule has 0 atom stereocenters. The molecule has 0 unspecified atom stereocenters. The number of aryl methyl sites for hydroxylation is 1. The molecule has 0 fully saturated rings. The van der Waals surface area contributed by atoms with Gasteiger partial charge in [-0.1, -0.05) is 0 Å². The topological polar surface area (TPSA) is 126 Å². The van der Waals surface area contributed by atoms with Crippen molar-refractivity contribution in [2.24, 2.45) is 0 Å². The maximum absolute atomic E-state index is 12.6. The Bertz CT molecular complexity index is 1170. The minimum absolute atomic E-state index is 0.132. The Morgan fingerprint density at radius 2 is 1.81 bits per heavy atom. The van der Waals surface area contributed by atoms with Crippen molar-refractivity contribution in [1.82, 2.24) is 0 Å². The minimum Gasteiger partial charge on any atom is -0.461 e. The first-order valence-corrected chi connectivity index (χ1v) is 8.13. The van der Waals surface area contributed by atoms with E-state index in [9.17, 15) is 25.0 Å². The number of non-ortho nitro benzene ring substituents is 1. The lowest BCUT2D eigenvalue weighted by molar-refractivity contribution is -0.394. The molecule has 1 aromatic heterocycles. The highest BCUT2D eigenvalue weighted by Gasteiger charge is 2.22. The van der Waals surface area contributed by atoms with E-state index >= 15 is 0 Å². The SMILES string of the molecule is O=c1c2c(oc3ccc(Oc4ccc([N+](=O)[O-])cc4[N+](=O)[O-])cc13)CCC2. The second-order valence-electron chi connectivity index (χ2n) is 6.11. The van der Waals surface area contributed by atoms with Crippen LogP contribution in [-0.4, -0.2) is 9.85 Å². The molecule has 3 aromatic rings. The van der Waals surface area contributed by atoms with E-state index in [1.54, 1.807) is 6.07 Å². The van der Waals surface area contributed by atoms with Crippen molar-refractivity contribution in [3.63, 3.8) is 0 Å². The quantitative estimate of drug-likeness (QED) is 0.505. The largest absolute Gasteiger partial charge is 0.461 e. The van der Waals surface area contributed by atoms with E-state index in [1.165, 1.54) is 12.1 Å². The minimum atomic E-state index is -0.759. The van der Waals surface area contributed by atoms with Crippen molar-refractivity contribution in [1.29, 1.82) is 0 Å². The van der Waals surface area contributed by atoms with Gasteiger partial charge in [0.2, 0.25) is 5.75 Å². The summed E-state index contributed by atoms with van der Waals surface area (Å²) in [4.78, 5) is 33.2. The Morgan fingerprint density at radius 1 is 1.00 bits per heavy atom. The number of fused-ring (bicyclic) bond motifs is 2. The number of ether oxygens (including phenoxy) is 1. The summed E-state index contributed by atoms with van der Waals surface area (Å²) in [5, 5.41) is 22.4. The molecule has 1 heterocycles. The predicted molar refractivity (Wildman–Crippen MR) is 94.3 cm³/mol. The van der Waals surface area contributed by atoms with Crippen LogP contribution < -0.4 is 10.2 Å². The van der Waals surface area contributed by atoms with Crippen LogP contribution in [0.15, 0.2) is 45.6 Å². The zero-order chi connectivity index (χ0) is 19.1. The van der Waals surface area contributed by atoms with Crippen molar-refractivity contribution in [2.75, 3.05) is 0 Å². The van der Waals surface area contributed by atoms with Crippen molar-refractivity contribution in [3.05, 3.63) is 78.2 Å². The van der Waals surface area contributed by atoms with E-state index in [1.807, 2.05) is 0 Å². The van der Waals surface area contributed by atoms with Crippen LogP contribution in [-0.2, 0) is 12.8 Å². The number of nitrogens with zero attached hydrogens (tertiary/aromatic N) is 2. The highest BCUT2D eigenvalue weighted by atomic mass is 16.6. The Balaban J connectivity index is 1.77. The first-order valence-electron chi connectivity index (χ1n) is 8.13. The Morgan fingerprint density at radius 3 is 2.56 bits per heavy atom. The molecule has 1 aliphatic carbocycles. The summed E-state index contributed by atoms with van der Waals surface area (Å²) in [6.45, 7) is 0. The summed E-state index contributed by atoms with van der Waals surface area (Å²) in [5.74, 6) is 0.743. The van der Waals surface area contributed by atoms with Gasteiger partial charge in [-0.25, -0.2) is 0 Å². The molecule has 0 radical (unpaired) electrons. The average molecular weight is 368 g/mol. The molecule has 0 saturated carbocycles. The number of nitro groups is 2. The Kier molecular flexibility index (Phi) is 3.84. The molecule has 1 aliphatic rings. The van der Waals surface area contributed by atoms with Crippen molar-refractivity contribution < 1.29 is 19.0 Å². The zero-order valence-electron chi connectivity index (χ0n) is 13.8. The molecule has 136 valence electrons. The zero-order valence-corrected chi connectivity index (χ0v) is 13.8. The molecule has 2 aromatic carbocycles. The van der Waals surface area contributed by atoms with Gasteiger partial charge in [0.1, 0.15) is 17.1 Å². The standard InChI is InChI=1S/C18H12N2O7/c21-18-12-2-1-3-15(12)27-16-7-5-11(9-13(16)18)26-17-6-4-10(19(22)23)8-14(17)20(24)25/h4-9H,1-3H2. The lowest BCUT2D eigenvalue weighted by Crippen LogP contribution is -2.08. The third-order valence-electron chi connectivity index (χ3n) is 4.45. The van der Waals surface area contributed by atoms with Gasteiger partial charge in [-0.05, 0) is 37.1 Å². The Hall–Kier alpha value is -3.75. The molecule has 27 heavy (non-hydrogen) atoms. The van der Waals surface area contributed by atoms with E-state index in [2.05, 4.69) is 0 Å². The summed E-state index contributed by atoms with van der Waals surface area (Å²) in [7, 11) is 0. The lowest BCUT2D eigenvalue weighted by atomic mass is 10.1. The third-order valence-corrected chi connectivity index (χ3v) is 4.45. The molecule has 0 aliphatic heterocycles. The van der Waals surface area contributed by atoms with Gasteiger partial charge in [0.15, 0.2) is 5.43 Å². The normalized spacial score (nSPS) is 12.7. The van der Waals surface area contributed by atoms with Gasteiger partial charge in [-0.15, -0.1) is 0 Å². The van der Waals surface area contributed by atoms with Crippen LogP contribution in [0, 0.1) is 20.2 Å². The summed E-state index contributed by atoms with van der Waals surface area (Å²) in [5.41, 5.74) is -0.00591. The first-order chi connectivity index (χ1) is 12.9. The summed E-state index contributed by atoms with van der Waals surface area (Å²) >= 11 is 0. The van der Waals surface area contributed by atoms with E-state index < -0.39 is 21.2 Å². The van der Waals surface area contributed by atoms with Gasteiger partial charge in [-0.2, -0.15) is 0 Å². The fraction of sp³-hybridized carbons (Fsp3) is 0.167. The smallest absolute Gasteiger partial charge is 0.318 e. The van der Waals surface area contributed by atoms with Crippen LogP contribution in [0.1, 0.15) is 17.7 Å². The first kappa shape index (κ1) is 16.7. The molecule has 0 N–H and O–H groups in total. The van der Waals surface area contributed by atoms with Crippen LogP contribution in [0.4, 0.5) is 11.4 Å². The third kappa shape index (κ3) is 2.88. The van der Waals surface area contributed by atoms with E-state index in [4.69, 9.17) is 9.15 Å². The van der Waals surface area contributed by atoms with Crippen LogP contribution in [0.5, 0.6) is 11.5 Å². The highest BCUT2D eigenvalue weighted by Crippen LogP contribution is 2.35. The van der Waals surface area contributed by atoms with Crippen LogP contribution in [0.3, 0.4) is 0 Å². The number of nitro benzene ring substituents is 2. The van der Waals surface area contributed by atoms with E-state index in [0.717, 1.165) is 31.0 Å². The fourth-order valence-corrected chi connectivity index (χ4v) is 3.18. The number of hydrogen-bond donors (Lipinski definition) is 0. The molecular formula is C18H12N2O7. The van der Waals surface area contributed by atoms with Crippen molar-refractivity contribution in [3.8, 4) is 11.5 Å². The molecule has 0 bridgehead atoms. The van der Waals surface area contributed by atoms with E-state index in [-0.39, 0.29) is 16.9 Å². The fourth-order valence-electron chi connectivity index (χ4n) is 3.18. The van der Waals surface area contributed by atoms with Crippen molar-refractivity contribution >= 4 is 22.3 Å². The number of benzene rings is 2. The Labute approximate surface area is 151 Å². The maximum atomic E-state index is 12.6. The molecule has 0 saturated heterocycles. The van der Waals surface area contributed by atoms with Gasteiger partial charge in [0, 0.05) is 18.1 Å². The predicted octanol–water partition coefficient (Wildman–Crippen LogP) is 3.89. The maximum Gasteiger partial charge on any atom is 0.318 e. The molecule has 9 nitrogen and oxygen atoms in total. The summed E-state index contributed by atoms with van der Waals surface area (Å²) < 4.78 is 11.3. The highest BCUT2D eigenvalue weighted by molar-refractivity contribution is 5.79. The second-order valence-corrected chi connectivity index (χ2v) is 6.11. The molecule has 0 amide bonds. The van der Waals surface area contributed by atoms with Crippen LogP contribution in [0.2, 0.25) is 0 Å². The second kappa shape index (κ2) is 6.20. The van der Waals surface area contributed by atoms with Gasteiger partial charge in [0.05, 0.1) is 21.3 Å². The lowest BCUT2D eigenvalue weighted by Gasteiger charge is -2.08. The van der Waals surface area contributed by atoms with Crippen LogP contribution >= 0.6 is 0 Å². The van der Waals surface area contributed by atoms with Gasteiger partial charge >= 0.3 is 5.69 Å². The summed E-state index contributed by atoms with van der Waals surface area (Å²) in [6.07, 6.45) is 2.25. The van der Waals surface area contributed by atoms with Gasteiger partial charge in [-0.3, -0.25) is 25.0 Å². The number of hydrogen-bond acceptors (Lipinski definition) is 7. The number of rotatable bonds is 4. The molecule has 0 spiro atoms.